The maximum absolute atomic E-state index is 12.5. The van der Waals surface area contributed by atoms with Crippen molar-refractivity contribution >= 4 is 47.6 Å². The summed E-state index contributed by atoms with van der Waals surface area (Å²) in [6.45, 7) is 3.52. The van der Waals surface area contributed by atoms with Gasteiger partial charge in [0.05, 0.1) is 5.69 Å². The minimum absolute atomic E-state index is 0.0411. The summed E-state index contributed by atoms with van der Waals surface area (Å²) in [6, 6.07) is 7.96. The SMILES string of the molecule is Cc1cc(Br)c(S(=O)(=O)Nc2cccc(O)c2C)cc1Br. The Morgan fingerprint density at radius 1 is 1.10 bits per heavy atom. The van der Waals surface area contributed by atoms with E-state index in [-0.39, 0.29) is 10.6 Å². The quantitative estimate of drug-likeness (QED) is 0.755. The van der Waals surface area contributed by atoms with Crippen molar-refractivity contribution in [1.82, 2.24) is 0 Å². The molecule has 0 aliphatic carbocycles. The van der Waals surface area contributed by atoms with E-state index in [2.05, 4.69) is 36.6 Å². The largest absolute Gasteiger partial charge is 0.508 e. The maximum atomic E-state index is 12.5. The number of phenolic OH excluding ortho intramolecular Hbond substituents is 1. The van der Waals surface area contributed by atoms with Crippen LogP contribution in [0.25, 0.3) is 0 Å². The van der Waals surface area contributed by atoms with Gasteiger partial charge in [0.2, 0.25) is 0 Å². The molecule has 0 aliphatic heterocycles. The number of sulfonamides is 1. The smallest absolute Gasteiger partial charge is 0.263 e. The van der Waals surface area contributed by atoms with Gasteiger partial charge in [0.1, 0.15) is 10.6 Å². The molecule has 0 amide bonds. The van der Waals surface area contributed by atoms with E-state index in [4.69, 9.17) is 0 Å². The van der Waals surface area contributed by atoms with Crippen LogP contribution in [0.4, 0.5) is 5.69 Å². The van der Waals surface area contributed by atoms with Gasteiger partial charge in [-0.1, -0.05) is 22.0 Å². The van der Waals surface area contributed by atoms with Gasteiger partial charge in [0, 0.05) is 14.5 Å². The normalized spacial score (nSPS) is 11.4. The summed E-state index contributed by atoms with van der Waals surface area (Å²) >= 11 is 6.61. The Morgan fingerprint density at radius 2 is 1.76 bits per heavy atom. The van der Waals surface area contributed by atoms with Crippen molar-refractivity contribution in [2.24, 2.45) is 0 Å². The number of hydrogen-bond donors (Lipinski definition) is 2. The molecule has 0 bridgehead atoms. The lowest BCUT2D eigenvalue weighted by Crippen LogP contribution is -2.14. The first-order chi connectivity index (χ1) is 9.72. The number of benzene rings is 2. The first-order valence-electron chi connectivity index (χ1n) is 5.99. The van der Waals surface area contributed by atoms with Gasteiger partial charge >= 0.3 is 0 Å². The van der Waals surface area contributed by atoms with Crippen LogP contribution in [0.2, 0.25) is 0 Å². The number of phenols is 1. The second-order valence-electron chi connectivity index (χ2n) is 4.59. The molecule has 7 heteroatoms. The van der Waals surface area contributed by atoms with E-state index >= 15 is 0 Å². The summed E-state index contributed by atoms with van der Waals surface area (Å²) in [5, 5.41) is 9.65. The lowest BCUT2D eigenvalue weighted by molar-refractivity contribution is 0.471. The average molecular weight is 435 g/mol. The van der Waals surface area contributed by atoms with Gasteiger partial charge in [-0.3, -0.25) is 4.72 Å². The van der Waals surface area contributed by atoms with Crippen molar-refractivity contribution in [3.05, 3.63) is 50.4 Å². The van der Waals surface area contributed by atoms with Crippen LogP contribution in [0.5, 0.6) is 5.75 Å². The zero-order chi connectivity index (χ0) is 15.8. The third-order valence-electron chi connectivity index (χ3n) is 3.05. The van der Waals surface area contributed by atoms with E-state index in [9.17, 15) is 13.5 Å². The predicted octanol–water partition coefficient (Wildman–Crippen LogP) is 4.33. The fraction of sp³-hybridized carbons (Fsp3) is 0.143. The number of hydrogen-bond acceptors (Lipinski definition) is 3. The first kappa shape index (κ1) is 16.3. The fourth-order valence-corrected chi connectivity index (χ4v) is 4.57. The summed E-state index contributed by atoms with van der Waals surface area (Å²) in [4.78, 5) is 0.128. The molecular weight excluding hydrogens is 422 g/mol. The Bertz CT molecular complexity index is 804. The average Bonchev–Trinajstić information content (AvgIpc) is 2.39. The Morgan fingerprint density at radius 3 is 2.43 bits per heavy atom. The zero-order valence-corrected chi connectivity index (χ0v) is 15.3. The molecule has 0 fully saturated rings. The van der Waals surface area contributed by atoms with Gasteiger partial charge in [0.15, 0.2) is 0 Å². The summed E-state index contributed by atoms with van der Waals surface area (Å²) in [5.74, 6) is 0.0411. The Hall–Kier alpha value is -1.05. The number of rotatable bonds is 3. The molecule has 2 aromatic carbocycles. The molecule has 0 atom stereocenters. The van der Waals surface area contributed by atoms with Crippen molar-refractivity contribution in [2.45, 2.75) is 18.7 Å². The van der Waals surface area contributed by atoms with Gasteiger partial charge in [0.25, 0.3) is 10.0 Å². The third kappa shape index (κ3) is 3.41. The molecule has 0 saturated carbocycles. The standard InChI is InChI=1S/C14H13Br2NO3S/c1-8-6-11(16)14(7-10(8)15)21(19,20)17-12-4-3-5-13(18)9(12)2/h3-7,17-18H,1-2H3. The van der Waals surface area contributed by atoms with E-state index in [1.54, 1.807) is 31.2 Å². The van der Waals surface area contributed by atoms with Crippen LogP contribution < -0.4 is 4.72 Å². The summed E-state index contributed by atoms with van der Waals surface area (Å²) in [7, 11) is -3.76. The van der Waals surface area contributed by atoms with Crippen LogP contribution in [0.3, 0.4) is 0 Å². The molecule has 0 heterocycles. The van der Waals surface area contributed by atoms with Gasteiger partial charge in [-0.25, -0.2) is 8.42 Å². The number of anilines is 1. The molecule has 4 nitrogen and oxygen atoms in total. The highest BCUT2D eigenvalue weighted by Gasteiger charge is 2.20. The molecule has 21 heavy (non-hydrogen) atoms. The second-order valence-corrected chi connectivity index (χ2v) is 7.95. The van der Waals surface area contributed by atoms with Crippen LogP contribution in [-0.2, 0) is 10.0 Å². The van der Waals surface area contributed by atoms with Crippen molar-refractivity contribution in [3.8, 4) is 5.75 Å². The van der Waals surface area contributed by atoms with Crippen molar-refractivity contribution in [2.75, 3.05) is 4.72 Å². The van der Waals surface area contributed by atoms with Crippen LogP contribution >= 0.6 is 31.9 Å². The first-order valence-corrected chi connectivity index (χ1v) is 9.06. The molecule has 0 aliphatic rings. The number of aromatic hydroxyl groups is 1. The highest BCUT2D eigenvalue weighted by Crippen LogP contribution is 2.31. The third-order valence-corrected chi connectivity index (χ3v) is 6.23. The molecular formula is C14H13Br2NO3S. The lowest BCUT2D eigenvalue weighted by Gasteiger charge is -2.13. The second kappa shape index (κ2) is 5.98. The summed E-state index contributed by atoms with van der Waals surface area (Å²) in [6.07, 6.45) is 0. The van der Waals surface area contributed by atoms with Crippen LogP contribution in [0.1, 0.15) is 11.1 Å². The van der Waals surface area contributed by atoms with Crippen molar-refractivity contribution < 1.29 is 13.5 Å². The van der Waals surface area contributed by atoms with E-state index in [1.165, 1.54) is 6.07 Å². The zero-order valence-electron chi connectivity index (χ0n) is 11.3. The highest BCUT2D eigenvalue weighted by molar-refractivity contribution is 9.11. The lowest BCUT2D eigenvalue weighted by atomic mass is 10.2. The fourth-order valence-electron chi connectivity index (χ4n) is 1.77. The van der Waals surface area contributed by atoms with Crippen molar-refractivity contribution in [3.63, 3.8) is 0 Å². The molecule has 0 spiro atoms. The maximum Gasteiger partial charge on any atom is 0.263 e. The van der Waals surface area contributed by atoms with Gasteiger partial charge in [-0.2, -0.15) is 0 Å². The number of nitrogens with one attached hydrogen (secondary N) is 1. The molecule has 112 valence electrons. The Kier molecular flexibility index (Phi) is 4.65. The van der Waals surface area contributed by atoms with Crippen LogP contribution in [0, 0.1) is 13.8 Å². The molecule has 2 aromatic rings. The highest BCUT2D eigenvalue weighted by atomic mass is 79.9. The Balaban J connectivity index is 2.48. The minimum atomic E-state index is -3.76. The van der Waals surface area contributed by atoms with E-state index < -0.39 is 10.0 Å². The monoisotopic (exact) mass is 433 g/mol. The predicted molar refractivity (Wildman–Crippen MR) is 90.2 cm³/mol. The van der Waals surface area contributed by atoms with Crippen LogP contribution in [0.15, 0.2) is 44.2 Å². The number of halogens is 2. The molecule has 2 N–H and O–H groups in total. The van der Waals surface area contributed by atoms with Gasteiger partial charge in [-0.15, -0.1) is 0 Å². The van der Waals surface area contributed by atoms with Gasteiger partial charge < -0.3 is 5.11 Å². The van der Waals surface area contributed by atoms with Crippen molar-refractivity contribution in [1.29, 1.82) is 0 Å². The molecule has 0 radical (unpaired) electrons. The minimum Gasteiger partial charge on any atom is -0.508 e. The Labute approximate surface area is 140 Å². The molecule has 0 aromatic heterocycles. The van der Waals surface area contributed by atoms with E-state index in [1.807, 2.05) is 6.92 Å². The van der Waals surface area contributed by atoms with E-state index in [0.717, 1.165) is 5.56 Å². The summed E-state index contributed by atoms with van der Waals surface area (Å²) in [5.41, 5.74) is 1.75. The molecule has 0 saturated heterocycles. The van der Waals surface area contributed by atoms with Gasteiger partial charge in [-0.05, 0) is 59.6 Å². The number of aryl methyl sites for hydroxylation is 1. The van der Waals surface area contributed by atoms with E-state index in [0.29, 0.717) is 20.2 Å². The topological polar surface area (TPSA) is 66.4 Å². The molecule has 0 unspecified atom stereocenters. The molecule has 2 rings (SSSR count). The van der Waals surface area contributed by atoms with Crippen LogP contribution in [-0.4, -0.2) is 13.5 Å². The summed E-state index contributed by atoms with van der Waals surface area (Å²) < 4.78 is 28.7.